The predicted octanol–water partition coefficient (Wildman–Crippen LogP) is 8.62. The van der Waals surface area contributed by atoms with Crippen LogP contribution in [0.5, 0.6) is 11.5 Å². The molecule has 3 aromatic carbocycles. The van der Waals surface area contributed by atoms with Crippen molar-refractivity contribution in [2.24, 2.45) is 5.41 Å². The summed E-state index contributed by atoms with van der Waals surface area (Å²) < 4.78 is 6.55. The third kappa shape index (κ3) is 6.15. The van der Waals surface area contributed by atoms with Gasteiger partial charge in [0.15, 0.2) is 0 Å². The Morgan fingerprint density at radius 3 is 2.57 bits per heavy atom. The van der Waals surface area contributed by atoms with Crippen LogP contribution in [-0.2, 0) is 5.41 Å². The summed E-state index contributed by atoms with van der Waals surface area (Å²) in [6.45, 7) is 12.4. The molecule has 2 aromatic heterocycles. The van der Waals surface area contributed by atoms with Crippen LogP contribution in [0.3, 0.4) is 0 Å². The lowest BCUT2D eigenvalue weighted by Crippen LogP contribution is -2.47. The lowest BCUT2D eigenvalue weighted by Gasteiger charge is -2.42. The van der Waals surface area contributed by atoms with Crippen molar-refractivity contribution < 1.29 is 14.6 Å². The maximum Gasteiger partial charge on any atom is 0.324 e. The molecule has 0 atom stereocenters. The fraction of sp³-hybridized carbons (Fsp3) is 0.361. The molecule has 0 unspecified atom stereocenters. The Balaban J connectivity index is 1.31. The molecule has 3 N–H and O–H groups in total. The van der Waals surface area contributed by atoms with Gasteiger partial charge in [-0.3, -0.25) is 5.32 Å². The first kappa shape index (κ1) is 31.4. The molecule has 4 heterocycles. The summed E-state index contributed by atoms with van der Waals surface area (Å²) in [7, 11) is 1.68. The van der Waals surface area contributed by atoms with Crippen molar-refractivity contribution in [3.8, 4) is 22.1 Å². The minimum Gasteiger partial charge on any atom is -0.506 e. The molecule has 0 radical (unpaired) electrons. The Morgan fingerprint density at radius 1 is 1.06 bits per heavy atom. The summed E-state index contributed by atoms with van der Waals surface area (Å²) in [6.07, 6.45) is 1.89. The van der Waals surface area contributed by atoms with E-state index in [2.05, 4.69) is 46.2 Å². The molecule has 5 aromatic rings. The highest BCUT2D eigenvalue weighted by atomic mass is 32.1. The van der Waals surface area contributed by atoms with E-state index in [-0.39, 0.29) is 22.6 Å². The van der Waals surface area contributed by atoms with Crippen LogP contribution < -0.4 is 20.3 Å². The topological polar surface area (TPSA) is 103 Å². The van der Waals surface area contributed by atoms with Crippen LogP contribution in [0.4, 0.5) is 27.7 Å². The van der Waals surface area contributed by atoms with Crippen molar-refractivity contribution in [1.82, 2.24) is 14.9 Å². The summed E-state index contributed by atoms with van der Waals surface area (Å²) >= 11 is 3.13. The van der Waals surface area contributed by atoms with E-state index < -0.39 is 0 Å². The summed E-state index contributed by atoms with van der Waals surface area (Å²) in [4.78, 5) is 27.4. The maximum atomic E-state index is 13.1. The van der Waals surface area contributed by atoms with E-state index >= 15 is 0 Å². The van der Waals surface area contributed by atoms with Crippen LogP contribution in [0.15, 0.2) is 60.0 Å². The Kier molecular flexibility index (Phi) is 8.10. The number of hydrogen-bond acceptors (Lipinski definition) is 9. The van der Waals surface area contributed by atoms with E-state index in [1.807, 2.05) is 60.8 Å². The number of rotatable bonds is 6. The molecule has 2 aliphatic rings. The molecule has 1 spiro atoms. The molecule has 1 saturated heterocycles. The Morgan fingerprint density at radius 2 is 1.85 bits per heavy atom. The Hall–Kier alpha value is -4.19. The number of para-hydroxylation sites is 2. The number of ether oxygens (including phenoxy) is 1. The van der Waals surface area contributed by atoms with E-state index in [1.165, 1.54) is 11.3 Å². The van der Waals surface area contributed by atoms with Gasteiger partial charge in [0.05, 0.1) is 39.4 Å². The number of thiazole rings is 2. The third-order valence-electron chi connectivity index (χ3n) is 9.06. The Bertz CT molecular complexity index is 1950. The average Bonchev–Trinajstić information content (AvgIpc) is 3.74. The second-order valence-corrected chi connectivity index (χ2v) is 15.9. The van der Waals surface area contributed by atoms with Crippen molar-refractivity contribution in [2.45, 2.75) is 46.0 Å². The fourth-order valence-electron chi connectivity index (χ4n) is 7.11. The number of piperidine rings is 1. The number of carbonyl (C=O) groups is 1. The number of methoxy groups -OCH3 is 1. The zero-order valence-electron chi connectivity index (χ0n) is 27.4. The van der Waals surface area contributed by atoms with E-state index in [9.17, 15) is 9.90 Å². The molecule has 1 fully saturated rings. The smallest absolute Gasteiger partial charge is 0.324 e. The molecule has 11 heteroatoms. The van der Waals surface area contributed by atoms with Gasteiger partial charge in [0.1, 0.15) is 22.3 Å². The first-order valence-corrected chi connectivity index (χ1v) is 17.6. The second kappa shape index (κ2) is 12.1. The molecule has 7 rings (SSSR count). The predicted molar refractivity (Wildman–Crippen MR) is 193 cm³/mol. The fourth-order valence-corrected chi connectivity index (χ4v) is 8.68. The van der Waals surface area contributed by atoms with Gasteiger partial charge in [0.2, 0.25) is 0 Å². The second-order valence-electron chi connectivity index (χ2n) is 13.8. The molecule has 2 aliphatic heterocycles. The molecule has 2 amide bonds. The number of hydrogen-bond donors (Lipinski definition) is 3. The van der Waals surface area contributed by atoms with Gasteiger partial charge < -0.3 is 25.0 Å². The summed E-state index contributed by atoms with van der Waals surface area (Å²) in [5.74, 6) is 1.54. The van der Waals surface area contributed by atoms with Gasteiger partial charge in [-0.2, -0.15) is 0 Å². The molecule has 244 valence electrons. The number of carbonyl (C=O) groups excluding carboxylic acids is 1. The normalized spacial score (nSPS) is 16.1. The van der Waals surface area contributed by atoms with Crippen LogP contribution in [-0.4, -0.2) is 59.3 Å². The molecule has 47 heavy (non-hydrogen) atoms. The van der Waals surface area contributed by atoms with Gasteiger partial charge in [0, 0.05) is 29.4 Å². The lowest BCUT2D eigenvalue weighted by atomic mass is 9.72. The standard InChI is InChI=1S/C36H40N6O3S2/c1-22-37-30(19-46-22)40-34(44)39-25-8-6-7-9-27(25)42-21-36(14-16-41(17-15-36)20-35(2,3)4)31-24(11-13-28(43)32(31)42)33-38-26-12-10-23(45-5)18-29(26)47-33/h6-13,18-19,43H,14-17,20-21H2,1-5H3,(H2,39,40,44). The van der Waals surface area contributed by atoms with Gasteiger partial charge >= 0.3 is 6.03 Å². The number of likely N-dealkylation sites (tertiary alicyclic amines) is 1. The van der Waals surface area contributed by atoms with Gasteiger partial charge in [0.25, 0.3) is 0 Å². The van der Waals surface area contributed by atoms with E-state index in [4.69, 9.17) is 9.72 Å². The maximum absolute atomic E-state index is 13.1. The Labute approximate surface area is 283 Å². The van der Waals surface area contributed by atoms with Gasteiger partial charge in [-0.05, 0) is 86.3 Å². The number of benzene rings is 3. The van der Waals surface area contributed by atoms with Crippen molar-refractivity contribution in [3.63, 3.8) is 0 Å². The van der Waals surface area contributed by atoms with Crippen molar-refractivity contribution in [2.75, 3.05) is 48.8 Å². The number of fused-ring (bicyclic) bond motifs is 3. The average molecular weight is 669 g/mol. The first-order valence-electron chi connectivity index (χ1n) is 15.9. The number of phenolic OH excluding ortho intramolecular Hbond substituents is 1. The van der Waals surface area contributed by atoms with Crippen LogP contribution in [0.2, 0.25) is 0 Å². The number of aryl methyl sites for hydroxylation is 1. The number of anilines is 4. The summed E-state index contributed by atoms with van der Waals surface area (Å²) in [6, 6.07) is 17.2. The first-order chi connectivity index (χ1) is 22.5. The number of amides is 2. The quantitative estimate of drug-likeness (QED) is 0.167. The van der Waals surface area contributed by atoms with Gasteiger partial charge in [-0.15, -0.1) is 22.7 Å². The molecule has 0 bridgehead atoms. The zero-order chi connectivity index (χ0) is 32.9. The third-order valence-corrected chi connectivity index (χ3v) is 10.9. The summed E-state index contributed by atoms with van der Waals surface area (Å²) in [5, 5.41) is 21.2. The van der Waals surface area contributed by atoms with Crippen molar-refractivity contribution >= 4 is 61.8 Å². The highest BCUT2D eigenvalue weighted by Crippen LogP contribution is 2.57. The van der Waals surface area contributed by atoms with Crippen LogP contribution in [0.25, 0.3) is 20.8 Å². The van der Waals surface area contributed by atoms with E-state index in [1.54, 1.807) is 24.5 Å². The summed E-state index contributed by atoms with van der Waals surface area (Å²) in [5.41, 5.74) is 5.36. The number of nitrogens with zero attached hydrogens (tertiary/aromatic N) is 4. The number of nitrogens with one attached hydrogen (secondary N) is 2. The largest absolute Gasteiger partial charge is 0.506 e. The van der Waals surface area contributed by atoms with E-state index in [0.717, 1.165) is 81.0 Å². The van der Waals surface area contributed by atoms with Crippen LogP contribution in [0.1, 0.15) is 44.2 Å². The van der Waals surface area contributed by atoms with Crippen LogP contribution >= 0.6 is 22.7 Å². The number of aromatic hydroxyl groups is 1. The highest BCUT2D eigenvalue weighted by Gasteiger charge is 2.48. The SMILES string of the molecule is COc1ccc2nc(-c3ccc(O)c4c3C3(CCN(CC(C)(C)C)CC3)CN4c3ccccc3NC(=O)Nc3csc(C)n3)sc2c1. The lowest BCUT2D eigenvalue weighted by molar-refractivity contribution is 0.125. The van der Waals surface area contributed by atoms with Crippen molar-refractivity contribution in [3.05, 3.63) is 70.5 Å². The van der Waals surface area contributed by atoms with Gasteiger partial charge in [-0.25, -0.2) is 14.8 Å². The molecular weight excluding hydrogens is 629 g/mol. The minimum absolute atomic E-state index is 0.206. The molecule has 9 nitrogen and oxygen atoms in total. The number of urea groups is 1. The minimum atomic E-state index is -0.366. The molecule has 0 saturated carbocycles. The van der Waals surface area contributed by atoms with Gasteiger partial charge in [-0.1, -0.05) is 32.9 Å². The van der Waals surface area contributed by atoms with Crippen LogP contribution in [0, 0.1) is 12.3 Å². The number of aromatic nitrogens is 2. The zero-order valence-corrected chi connectivity index (χ0v) is 29.0. The highest BCUT2D eigenvalue weighted by molar-refractivity contribution is 7.21. The van der Waals surface area contributed by atoms with E-state index in [0.29, 0.717) is 18.1 Å². The number of phenols is 1. The monoisotopic (exact) mass is 668 g/mol. The molecular formula is C36H40N6O3S2. The molecule has 0 aliphatic carbocycles. The van der Waals surface area contributed by atoms with Crippen molar-refractivity contribution in [1.29, 1.82) is 0 Å².